The first-order valence-electron chi connectivity index (χ1n) is 6.48. The second kappa shape index (κ2) is 5.78. The van der Waals surface area contributed by atoms with Crippen molar-refractivity contribution in [3.8, 4) is 0 Å². The smallest absolute Gasteiger partial charge is 0.257 e. The van der Waals surface area contributed by atoms with Gasteiger partial charge in [-0.15, -0.1) is 0 Å². The maximum absolute atomic E-state index is 12.4. The molecule has 106 valence electrons. The molecule has 5 nitrogen and oxygen atoms in total. The summed E-state index contributed by atoms with van der Waals surface area (Å²) in [6.45, 7) is 2.02. The van der Waals surface area contributed by atoms with Gasteiger partial charge in [-0.1, -0.05) is 0 Å². The first kappa shape index (κ1) is 13.4. The van der Waals surface area contributed by atoms with Crippen LogP contribution in [0.15, 0.2) is 33.6 Å². The SMILES string of the molecule is NCc1cc(C(=O)N2CCOC(c3ccsc3)C2)co1. The molecule has 1 unspecified atom stereocenters. The number of furan rings is 1. The molecule has 1 saturated heterocycles. The summed E-state index contributed by atoms with van der Waals surface area (Å²) in [6.07, 6.45) is 1.43. The molecule has 0 aliphatic carbocycles. The number of amides is 1. The van der Waals surface area contributed by atoms with Gasteiger partial charge in [0.05, 0.1) is 25.3 Å². The van der Waals surface area contributed by atoms with Crippen LogP contribution in [-0.4, -0.2) is 30.5 Å². The van der Waals surface area contributed by atoms with Crippen molar-refractivity contribution in [1.82, 2.24) is 4.90 Å². The van der Waals surface area contributed by atoms with Crippen LogP contribution in [0.4, 0.5) is 0 Å². The third-order valence-electron chi connectivity index (χ3n) is 3.37. The highest BCUT2D eigenvalue weighted by molar-refractivity contribution is 7.07. The van der Waals surface area contributed by atoms with E-state index in [4.69, 9.17) is 14.9 Å². The van der Waals surface area contributed by atoms with Crippen molar-refractivity contribution in [3.05, 3.63) is 46.0 Å². The van der Waals surface area contributed by atoms with Crippen LogP contribution in [-0.2, 0) is 11.3 Å². The number of nitrogens with zero attached hydrogens (tertiary/aromatic N) is 1. The summed E-state index contributed by atoms with van der Waals surface area (Å²) < 4.78 is 11.0. The predicted octanol–water partition coefficient (Wildman–Crippen LogP) is 2.01. The zero-order chi connectivity index (χ0) is 13.9. The van der Waals surface area contributed by atoms with Gasteiger partial charge in [0.1, 0.15) is 18.1 Å². The van der Waals surface area contributed by atoms with Crippen molar-refractivity contribution >= 4 is 17.2 Å². The molecule has 0 aromatic carbocycles. The second-order valence-electron chi connectivity index (χ2n) is 4.67. The molecule has 1 fully saturated rings. The van der Waals surface area contributed by atoms with Crippen LogP contribution in [0.1, 0.15) is 27.8 Å². The molecule has 1 aliphatic rings. The maximum atomic E-state index is 12.4. The molecule has 2 N–H and O–H groups in total. The van der Waals surface area contributed by atoms with Gasteiger partial charge in [0.15, 0.2) is 0 Å². The average molecular weight is 292 g/mol. The number of ether oxygens (including phenoxy) is 1. The zero-order valence-corrected chi connectivity index (χ0v) is 11.8. The van der Waals surface area contributed by atoms with Crippen LogP contribution in [0.3, 0.4) is 0 Å². The van der Waals surface area contributed by atoms with Gasteiger partial charge in [-0.3, -0.25) is 4.79 Å². The molecule has 20 heavy (non-hydrogen) atoms. The molecule has 6 heteroatoms. The summed E-state index contributed by atoms with van der Waals surface area (Å²) in [5.41, 5.74) is 7.17. The zero-order valence-electron chi connectivity index (χ0n) is 11.0. The molecule has 0 spiro atoms. The van der Waals surface area contributed by atoms with Gasteiger partial charge < -0.3 is 19.8 Å². The summed E-state index contributed by atoms with van der Waals surface area (Å²) in [7, 11) is 0. The third-order valence-corrected chi connectivity index (χ3v) is 4.07. The highest BCUT2D eigenvalue weighted by Crippen LogP contribution is 2.25. The molecule has 0 saturated carbocycles. The lowest BCUT2D eigenvalue weighted by Gasteiger charge is -2.32. The molecule has 1 atom stereocenters. The van der Waals surface area contributed by atoms with E-state index in [0.717, 1.165) is 5.56 Å². The number of morpholine rings is 1. The number of nitrogens with two attached hydrogens (primary N) is 1. The Bertz CT molecular complexity index is 579. The van der Waals surface area contributed by atoms with Crippen LogP contribution in [0, 0.1) is 0 Å². The number of thiophene rings is 1. The molecular formula is C14H16N2O3S. The van der Waals surface area contributed by atoms with Crippen molar-refractivity contribution in [1.29, 1.82) is 0 Å². The quantitative estimate of drug-likeness (QED) is 0.939. The van der Waals surface area contributed by atoms with Gasteiger partial charge in [0.25, 0.3) is 5.91 Å². The summed E-state index contributed by atoms with van der Waals surface area (Å²) in [4.78, 5) is 14.2. The van der Waals surface area contributed by atoms with Crippen LogP contribution in [0.2, 0.25) is 0 Å². The monoisotopic (exact) mass is 292 g/mol. The van der Waals surface area contributed by atoms with Crippen LogP contribution >= 0.6 is 11.3 Å². The topological polar surface area (TPSA) is 68.7 Å². The Labute approximate surface area is 120 Å². The molecule has 0 bridgehead atoms. The molecular weight excluding hydrogens is 276 g/mol. The lowest BCUT2D eigenvalue weighted by atomic mass is 10.1. The minimum absolute atomic E-state index is 0.0306. The Kier molecular flexibility index (Phi) is 3.86. The van der Waals surface area contributed by atoms with E-state index in [2.05, 4.69) is 5.38 Å². The number of carbonyl (C=O) groups is 1. The highest BCUT2D eigenvalue weighted by atomic mass is 32.1. The van der Waals surface area contributed by atoms with E-state index >= 15 is 0 Å². The van der Waals surface area contributed by atoms with Gasteiger partial charge >= 0.3 is 0 Å². The fourth-order valence-electron chi connectivity index (χ4n) is 2.28. The average Bonchev–Trinajstić information content (AvgIpc) is 3.17. The van der Waals surface area contributed by atoms with E-state index in [9.17, 15) is 4.79 Å². The first-order valence-corrected chi connectivity index (χ1v) is 7.42. The summed E-state index contributed by atoms with van der Waals surface area (Å²) in [5, 5.41) is 4.08. The van der Waals surface area contributed by atoms with E-state index in [1.165, 1.54) is 6.26 Å². The fourth-order valence-corrected chi connectivity index (χ4v) is 2.98. The summed E-state index contributed by atoms with van der Waals surface area (Å²) in [6, 6.07) is 3.74. The van der Waals surface area contributed by atoms with Gasteiger partial charge in [0.2, 0.25) is 0 Å². The van der Waals surface area contributed by atoms with Gasteiger partial charge in [-0.05, 0) is 28.5 Å². The third kappa shape index (κ3) is 2.63. The minimum Gasteiger partial charge on any atom is -0.467 e. The maximum Gasteiger partial charge on any atom is 0.257 e. The van der Waals surface area contributed by atoms with Crippen molar-refractivity contribution in [2.24, 2.45) is 5.73 Å². The Morgan fingerprint density at radius 1 is 1.55 bits per heavy atom. The van der Waals surface area contributed by atoms with E-state index in [0.29, 0.717) is 37.6 Å². The molecule has 3 heterocycles. The van der Waals surface area contributed by atoms with Gasteiger partial charge in [-0.25, -0.2) is 0 Å². The normalized spacial score (nSPS) is 19.2. The number of rotatable bonds is 3. The Balaban J connectivity index is 1.71. The van der Waals surface area contributed by atoms with Crippen molar-refractivity contribution in [2.75, 3.05) is 19.7 Å². The van der Waals surface area contributed by atoms with E-state index in [1.807, 2.05) is 11.4 Å². The van der Waals surface area contributed by atoms with Crippen molar-refractivity contribution < 1.29 is 13.9 Å². The largest absolute Gasteiger partial charge is 0.467 e. The second-order valence-corrected chi connectivity index (χ2v) is 5.45. The summed E-state index contributed by atoms with van der Waals surface area (Å²) >= 11 is 1.63. The number of hydrogen-bond acceptors (Lipinski definition) is 5. The molecule has 3 rings (SSSR count). The Hall–Kier alpha value is -1.63. The fraction of sp³-hybridized carbons (Fsp3) is 0.357. The van der Waals surface area contributed by atoms with Gasteiger partial charge in [0, 0.05) is 6.54 Å². The lowest BCUT2D eigenvalue weighted by Crippen LogP contribution is -2.42. The minimum atomic E-state index is -0.0418. The van der Waals surface area contributed by atoms with E-state index in [-0.39, 0.29) is 12.0 Å². The van der Waals surface area contributed by atoms with Crippen LogP contribution < -0.4 is 5.73 Å². The van der Waals surface area contributed by atoms with Crippen molar-refractivity contribution in [3.63, 3.8) is 0 Å². The Morgan fingerprint density at radius 3 is 3.15 bits per heavy atom. The van der Waals surface area contributed by atoms with E-state index in [1.54, 1.807) is 22.3 Å². The highest BCUT2D eigenvalue weighted by Gasteiger charge is 2.27. The Morgan fingerprint density at radius 2 is 2.45 bits per heavy atom. The standard InChI is InChI=1S/C14H16N2O3S/c15-6-12-5-11(8-19-12)14(17)16-2-3-18-13(7-16)10-1-4-20-9-10/h1,4-5,8-9,13H,2-3,6-7,15H2. The molecule has 2 aromatic heterocycles. The van der Waals surface area contributed by atoms with Crippen molar-refractivity contribution in [2.45, 2.75) is 12.6 Å². The lowest BCUT2D eigenvalue weighted by molar-refractivity contribution is -0.0226. The van der Waals surface area contributed by atoms with Crippen LogP contribution in [0.25, 0.3) is 0 Å². The first-order chi connectivity index (χ1) is 9.78. The summed E-state index contributed by atoms with van der Waals surface area (Å²) in [5.74, 6) is 0.591. The van der Waals surface area contributed by atoms with Crippen LogP contribution in [0.5, 0.6) is 0 Å². The molecule has 1 amide bonds. The van der Waals surface area contributed by atoms with Gasteiger partial charge in [-0.2, -0.15) is 11.3 Å². The predicted molar refractivity (Wildman–Crippen MR) is 75.5 cm³/mol. The number of hydrogen-bond donors (Lipinski definition) is 1. The molecule has 2 aromatic rings. The number of carbonyl (C=O) groups excluding carboxylic acids is 1. The van der Waals surface area contributed by atoms with E-state index < -0.39 is 0 Å². The molecule has 1 aliphatic heterocycles. The molecule has 0 radical (unpaired) electrons.